The van der Waals surface area contributed by atoms with Crippen molar-refractivity contribution in [2.45, 2.75) is 20.8 Å². The quantitative estimate of drug-likeness (QED) is 0.389. The highest BCUT2D eigenvalue weighted by atomic mass is 32.2. The van der Waals surface area contributed by atoms with E-state index in [9.17, 15) is 0 Å². The average Bonchev–Trinajstić information content (AvgIpc) is 2.21. The first-order valence-electron chi connectivity index (χ1n) is 4.95. The van der Waals surface area contributed by atoms with Crippen molar-refractivity contribution in [2.24, 2.45) is 5.10 Å². The molecule has 2 nitrogen and oxygen atoms in total. The van der Waals surface area contributed by atoms with Crippen molar-refractivity contribution >= 4 is 18.0 Å². The van der Waals surface area contributed by atoms with Gasteiger partial charge in [0.2, 0.25) is 0 Å². The molecule has 0 aliphatic heterocycles. The smallest absolute Gasteiger partial charge is 0.0548 e. The van der Waals surface area contributed by atoms with E-state index in [0.29, 0.717) is 0 Å². The third-order valence-electron chi connectivity index (χ3n) is 1.73. The van der Waals surface area contributed by atoms with Gasteiger partial charge in [-0.2, -0.15) is 5.10 Å². The summed E-state index contributed by atoms with van der Waals surface area (Å²) in [4.78, 5) is 2.16. The zero-order valence-corrected chi connectivity index (χ0v) is 10.9. The number of hydrogen-bond acceptors (Lipinski definition) is 3. The maximum Gasteiger partial charge on any atom is 0.0548 e. The molecule has 0 rings (SSSR count). The molecule has 0 heterocycles. The van der Waals surface area contributed by atoms with Crippen molar-refractivity contribution < 1.29 is 0 Å². The summed E-state index contributed by atoms with van der Waals surface area (Å²) in [5.41, 5.74) is 0.922. The molecule has 0 aromatic heterocycles. The van der Waals surface area contributed by atoms with E-state index in [-0.39, 0.29) is 0 Å². The summed E-state index contributed by atoms with van der Waals surface area (Å²) >= 11 is 1.62. The van der Waals surface area contributed by atoms with Crippen LogP contribution in [0.15, 0.2) is 39.7 Å². The standard InChI is InChI=1S/C12H20N2S/c1-7-12(15-10(3)4)11(5)9-13-14(6)8-2/h7,9H,3,5,8H2,1-2,4,6H3/b12-7-,13-9-. The molecule has 0 atom stereocenters. The Morgan fingerprint density at radius 2 is 2.07 bits per heavy atom. The summed E-state index contributed by atoms with van der Waals surface area (Å²) in [6.45, 7) is 14.8. The van der Waals surface area contributed by atoms with Gasteiger partial charge in [0.15, 0.2) is 0 Å². The van der Waals surface area contributed by atoms with E-state index >= 15 is 0 Å². The third-order valence-corrected chi connectivity index (χ3v) is 2.80. The fourth-order valence-corrected chi connectivity index (χ4v) is 1.49. The average molecular weight is 224 g/mol. The molecule has 0 aliphatic rings. The number of rotatable bonds is 6. The summed E-state index contributed by atoms with van der Waals surface area (Å²) in [5.74, 6) is 0. The van der Waals surface area contributed by atoms with Gasteiger partial charge < -0.3 is 5.01 Å². The van der Waals surface area contributed by atoms with E-state index in [1.165, 1.54) is 0 Å². The molecule has 0 aliphatic carbocycles. The molecule has 0 N–H and O–H groups in total. The van der Waals surface area contributed by atoms with E-state index in [1.807, 2.05) is 32.0 Å². The highest BCUT2D eigenvalue weighted by Gasteiger charge is 2.00. The van der Waals surface area contributed by atoms with Gasteiger partial charge in [0, 0.05) is 24.1 Å². The van der Waals surface area contributed by atoms with Gasteiger partial charge in [0.1, 0.15) is 0 Å². The molecule has 0 spiro atoms. The lowest BCUT2D eigenvalue weighted by molar-refractivity contribution is 0.377. The monoisotopic (exact) mass is 224 g/mol. The largest absolute Gasteiger partial charge is 0.300 e. The molecule has 0 bridgehead atoms. The minimum Gasteiger partial charge on any atom is -0.300 e. The zero-order chi connectivity index (χ0) is 11.8. The Morgan fingerprint density at radius 1 is 1.47 bits per heavy atom. The minimum absolute atomic E-state index is 0.891. The first-order valence-corrected chi connectivity index (χ1v) is 5.77. The summed E-state index contributed by atoms with van der Waals surface area (Å²) in [6, 6.07) is 0. The van der Waals surface area contributed by atoms with E-state index in [0.717, 1.165) is 21.9 Å². The molecule has 0 saturated carbocycles. The SMILES string of the molecule is C=C(C)S/C(=C\C)C(=C)/C=N\N(C)CC. The van der Waals surface area contributed by atoms with Crippen LogP contribution in [0.3, 0.4) is 0 Å². The highest BCUT2D eigenvalue weighted by molar-refractivity contribution is 8.06. The number of allylic oxidation sites excluding steroid dienone is 3. The highest BCUT2D eigenvalue weighted by Crippen LogP contribution is 2.27. The third kappa shape index (κ3) is 6.18. The Kier molecular flexibility index (Phi) is 6.88. The van der Waals surface area contributed by atoms with Crippen LogP contribution in [0.2, 0.25) is 0 Å². The fourth-order valence-electron chi connectivity index (χ4n) is 0.811. The summed E-state index contributed by atoms with van der Waals surface area (Å²) in [7, 11) is 1.94. The van der Waals surface area contributed by atoms with E-state index in [4.69, 9.17) is 0 Å². The maximum absolute atomic E-state index is 4.24. The van der Waals surface area contributed by atoms with Crippen molar-refractivity contribution in [1.82, 2.24) is 5.01 Å². The first kappa shape index (κ1) is 14.0. The molecule has 15 heavy (non-hydrogen) atoms. The summed E-state index contributed by atoms with van der Waals surface area (Å²) < 4.78 is 0. The second kappa shape index (κ2) is 7.35. The Bertz CT molecular complexity index is 290. The molecule has 0 radical (unpaired) electrons. The fraction of sp³-hybridized carbons (Fsp3) is 0.417. The lowest BCUT2D eigenvalue weighted by atomic mass is 10.3. The van der Waals surface area contributed by atoms with Crippen LogP contribution in [-0.2, 0) is 0 Å². The van der Waals surface area contributed by atoms with Crippen LogP contribution in [-0.4, -0.2) is 24.8 Å². The van der Waals surface area contributed by atoms with Gasteiger partial charge >= 0.3 is 0 Å². The Balaban J connectivity index is 4.42. The van der Waals surface area contributed by atoms with Gasteiger partial charge in [0.05, 0.1) is 6.21 Å². The van der Waals surface area contributed by atoms with Crippen LogP contribution in [0.5, 0.6) is 0 Å². The van der Waals surface area contributed by atoms with E-state index in [2.05, 4.69) is 25.2 Å². The number of hydrazone groups is 1. The van der Waals surface area contributed by atoms with Crippen LogP contribution in [0.25, 0.3) is 0 Å². The molecular weight excluding hydrogens is 204 g/mol. The van der Waals surface area contributed by atoms with Gasteiger partial charge in [-0.15, -0.1) is 0 Å². The molecule has 84 valence electrons. The Labute approximate surface area is 97.4 Å². The van der Waals surface area contributed by atoms with Crippen LogP contribution >= 0.6 is 11.8 Å². The minimum atomic E-state index is 0.891. The molecular formula is C12H20N2S. The zero-order valence-electron chi connectivity index (χ0n) is 10.1. The number of hydrogen-bond donors (Lipinski definition) is 0. The molecule has 0 amide bonds. The number of nitrogens with zero attached hydrogens (tertiary/aromatic N) is 2. The van der Waals surface area contributed by atoms with Crippen molar-refractivity contribution in [3.05, 3.63) is 34.6 Å². The molecule has 0 fully saturated rings. The molecule has 0 aromatic carbocycles. The van der Waals surface area contributed by atoms with E-state index < -0.39 is 0 Å². The topological polar surface area (TPSA) is 15.6 Å². The van der Waals surface area contributed by atoms with Gasteiger partial charge in [-0.3, -0.25) is 0 Å². The second-order valence-electron chi connectivity index (χ2n) is 3.20. The lowest BCUT2D eigenvalue weighted by Crippen LogP contribution is -2.09. The predicted molar refractivity (Wildman–Crippen MR) is 72.1 cm³/mol. The lowest BCUT2D eigenvalue weighted by Gasteiger charge is -2.10. The van der Waals surface area contributed by atoms with Crippen LogP contribution in [0.4, 0.5) is 0 Å². The van der Waals surface area contributed by atoms with Crippen molar-refractivity contribution in [3.8, 4) is 0 Å². The van der Waals surface area contributed by atoms with Gasteiger partial charge in [-0.05, 0) is 25.7 Å². The maximum atomic E-state index is 4.24. The van der Waals surface area contributed by atoms with Crippen molar-refractivity contribution in [2.75, 3.05) is 13.6 Å². The van der Waals surface area contributed by atoms with Crippen LogP contribution in [0.1, 0.15) is 20.8 Å². The first-order chi connectivity index (χ1) is 7.01. The van der Waals surface area contributed by atoms with Gasteiger partial charge in [-0.1, -0.05) is 31.0 Å². The molecule has 0 saturated heterocycles. The Hall–Kier alpha value is -0.960. The number of thioether (sulfide) groups is 1. The van der Waals surface area contributed by atoms with Gasteiger partial charge in [0.25, 0.3) is 0 Å². The molecule has 3 heteroatoms. The van der Waals surface area contributed by atoms with Crippen molar-refractivity contribution in [1.29, 1.82) is 0 Å². The van der Waals surface area contributed by atoms with E-state index in [1.54, 1.807) is 18.0 Å². The molecule has 0 aromatic rings. The van der Waals surface area contributed by atoms with Crippen LogP contribution in [0, 0.1) is 0 Å². The molecule has 0 unspecified atom stereocenters. The summed E-state index contributed by atoms with van der Waals surface area (Å²) in [6.07, 6.45) is 3.81. The van der Waals surface area contributed by atoms with Crippen molar-refractivity contribution in [3.63, 3.8) is 0 Å². The van der Waals surface area contributed by atoms with Crippen LogP contribution < -0.4 is 0 Å². The normalized spacial score (nSPS) is 11.9. The second-order valence-corrected chi connectivity index (χ2v) is 4.54. The predicted octanol–water partition coefficient (Wildman–Crippen LogP) is 3.65. The Morgan fingerprint density at radius 3 is 2.47 bits per heavy atom. The van der Waals surface area contributed by atoms with Gasteiger partial charge in [-0.25, -0.2) is 0 Å². The summed E-state index contributed by atoms with van der Waals surface area (Å²) in [5, 5.41) is 6.11.